The minimum atomic E-state index is -0.264. The van der Waals surface area contributed by atoms with E-state index in [0.717, 1.165) is 18.4 Å². The molecule has 0 bridgehead atoms. The molecule has 1 unspecified atom stereocenters. The van der Waals surface area contributed by atoms with E-state index in [1.165, 1.54) is 0 Å². The first-order valence-electron chi connectivity index (χ1n) is 10.5. The maximum Gasteiger partial charge on any atom is 0.258 e. The molecule has 0 saturated carbocycles. The monoisotopic (exact) mass is 418 g/mol. The molecule has 0 radical (unpaired) electrons. The van der Waals surface area contributed by atoms with Crippen LogP contribution in [0.3, 0.4) is 0 Å². The number of carbonyl (C=O) groups is 2. The van der Waals surface area contributed by atoms with Gasteiger partial charge in [-0.05, 0) is 44.0 Å². The van der Waals surface area contributed by atoms with Gasteiger partial charge in [-0.1, -0.05) is 29.8 Å². The Morgan fingerprint density at radius 2 is 1.90 bits per heavy atom. The highest BCUT2D eigenvalue weighted by Crippen LogP contribution is 2.21. The van der Waals surface area contributed by atoms with E-state index < -0.39 is 0 Å². The van der Waals surface area contributed by atoms with Gasteiger partial charge in [0.1, 0.15) is 5.82 Å². The average Bonchev–Trinajstić information content (AvgIpc) is 2.78. The number of hydrogen-bond donors (Lipinski definition) is 1. The number of aromatic nitrogens is 2. The number of nitrogens with one attached hydrogen (secondary N) is 1. The first kappa shape index (κ1) is 20.8. The van der Waals surface area contributed by atoms with Crippen molar-refractivity contribution in [3.05, 3.63) is 75.8 Å². The summed E-state index contributed by atoms with van der Waals surface area (Å²) in [7, 11) is 1.71. The number of rotatable bonds is 4. The van der Waals surface area contributed by atoms with Crippen molar-refractivity contribution in [1.82, 2.24) is 19.8 Å². The van der Waals surface area contributed by atoms with Gasteiger partial charge in [0.2, 0.25) is 5.91 Å². The molecular weight excluding hydrogens is 392 g/mol. The van der Waals surface area contributed by atoms with Crippen molar-refractivity contribution < 1.29 is 9.59 Å². The molecule has 1 saturated heterocycles. The molecule has 3 aromatic rings. The average molecular weight is 418 g/mol. The third kappa shape index (κ3) is 4.50. The van der Waals surface area contributed by atoms with Crippen molar-refractivity contribution in [1.29, 1.82) is 0 Å². The van der Waals surface area contributed by atoms with Gasteiger partial charge in [-0.15, -0.1) is 0 Å². The predicted molar refractivity (Wildman–Crippen MR) is 119 cm³/mol. The molecule has 2 heterocycles. The van der Waals surface area contributed by atoms with Crippen LogP contribution in [0.4, 0.5) is 0 Å². The SMILES string of the molecule is Cc1ccc(C(=O)N2CCCC(C(=O)N(C)Cc3nc4ccccc4c(=O)[nH]3)C2)cc1. The van der Waals surface area contributed by atoms with Crippen molar-refractivity contribution in [3.63, 3.8) is 0 Å². The number of amides is 2. The second-order valence-electron chi connectivity index (χ2n) is 8.18. The predicted octanol–water partition coefficient (Wildman–Crippen LogP) is 2.74. The van der Waals surface area contributed by atoms with E-state index in [-0.39, 0.29) is 29.8 Å². The van der Waals surface area contributed by atoms with E-state index in [1.807, 2.05) is 37.3 Å². The summed E-state index contributed by atoms with van der Waals surface area (Å²) < 4.78 is 0. The fourth-order valence-electron chi connectivity index (χ4n) is 4.07. The van der Waals surface area contributed by atoms with E-state index in [1.54, 1.807) is 35.0 Å². The largest absolute Gasteiger partial charge is 0.338 e. The number of fused-ring (bicyclic) bond motifs is 1. The Morgan fingerprint density at radius 1 is 1.16 bits per heavy atom. The van der Waals surface area contributed by atoms with Gasteiger partial charge in [-0.2, -0.15) is 0 Å². The van der Waals surface area contributed by atoms with E-state index in [2.05, 4.69) is 9.97 Å². The Morgan fingerprint density at radius 3 is 2.68 bits per heavy atom. The summed E-state index contributed by atoms with van der Waals surface area (Å²) in [4.78, 5) is 48.8. The van der Waals surface area contributed by atoms with Crippen LogP contribution in [0.15, 0.2) is 53.3 Å². The van der Waals surface area contributed by atoms with Gasteiger partial charge in [0.25, 0.3) is 11.5 Å². The summed E-state index contributed by atoms with van der Waals surface area (Å²) in [6, 6.07) is 14.6. The topological polar surface area (TPSA) is 86.4 Å². The van der Waals surface area contributed by atoms with Gasteiger partial charge in [0, 0.05) is 25.7 Å². The Hall–Kier alpha value is -3.48. The normalized spacial score (nSPS) is 16.3. The van der Waals surface area contributed by atoms with Crippen LogP contribution in [0.2, 0.25) is 0 Å². The molecule has 2 amide bonds. The van der Waals surface area contributed by atoms with Crippen LogP contribution < -0.4 is 5.56 Å². The standard InChI is InChI=1S/C24H26N4O3/c1-16-9-11-17(12-10-16)24(31)28-13-5-6-18(14-28)23(30)27(2)15-21-25-20-8-4-3-7-19(20)22(29)26-21/h3-4,7-12,18H,5-6,13-15H2,1-2H3,(H,25,26,29). The number of piperidine rings is 1. The molecule has 0 spiro atoms. The van der Waals surface area contributed by atoms with Gasteiger partial charge < -0.3 is 14.8 Å². The van der Waals surface area contributed by atoms with Crippen molar-refractivity contribution in [2.75, 3.05) is 20.1 Å². The third-order valence-electron chi connectivity index (χ3n) is 5.78. The van der Waals surface area contributed by atoms with Gasteiger partial charge in [-0.25, -0.2) is 4.98 Å². The van der Waals surface area contributed by atoms with Crippen molar-refractivity contribution >= 4 is 22.7 Å². The van der Waals surface area contributed by atoms with Gasteiger partial charge >= 0.3 is 0 Å². The van der Waals surface area contributed by atoms with E-state index in [9.17, 15) is 14.4 Å². The lowest BCUT2D eigenvalue weighted by Crippen LogP contribution is -2.45. The highest BCUT2D eigenvalue weighted by atomic mass is 16.2. The lowest BCUT2D eigenvalue weighted by atomic mass is 9.96. The number of aryl methyl sites for hydroxylation is 1. The van der Waals surface area contributed by atoms with Crippen molar-refractivity contribution in [2.45, 2.75) is 26.3 Å². The van der Waals surface area contributed by atoms with Gasteiger partial charge in [0.15, 0.2) is 0 Å². The number of benzene rings is 2. The second kappa shape index (κ2) is 8.71. The van der Waals surface area contributed by atoms with Crippen molar-refractivity contribution in [3.8, 4) is 0 Å². The van der Waals surface area contributed by atoms with Crippen LogP contribution in [0.25, 0.3) is 10.9 Å². The maximum absolute atomic E-state index is 13.1. The lowest BCUT2D eigenvalue weighted by molar-refractivity contribution is -0.136. The molecule has 7 heteroatoms. The molecular formula is C24H26N4O3. The van der Waals surface area contributed by atoms with Gasteiger partial charge in [-0.3, -0.25) is 14.4 Å². The molecule has 31 heavy (non-hydrogen) atoms. The Kier molecular flexibility index (Phi) is 5.84. The molecule has 0 aliphatic carbocycles. The summed E-state index contributed by atoms with van der Waals surface area (Å²) in [6.45, 7) is 3.25. The minimum Gasteiger partial charge on any atom is -0.338 e. The number of likely N-dealkylation sites (tertiary alicyclic amines) is 1. The second-order valence-corrected chi connectivity index (χ2v) is 8.18. The quantitative estimate of drug-likeness (QED) is 0.706. The highest BCUT2D eigenvalue weighted by Gasteiger charge is 2.30. The molecule has 4 rings (SSSR count). The third-order valence-corrected chi connectivity index (χ3v) is 5.78. The fourth-order valence-corrected chi connectivity index (χ4v) is 4.07. The smallest absolute Gasteiger partial charge is 0.258 e. The molecule has 1 atom stereocenters. The number of carbonyl (C=O) groups excluding carboxylic acids is 2. The fraction of sp³-hybridized carbons (Fsp3) is 0.333. The summed E-state index contributed by atoms with van der Waals surface area (Å²) in [5.41, 5.74) is 2.14. The van der Waals surface area contributed by atoms with E-state index in [4.69, 9.17) is 0 Å². The number of H-pyrrole nitrogens is 1. The number of aromatic amines is 1. The Labute approximate surface area is 180 Å². The summed E-state index contributed by atoms with van der Waals surface area (Å²) in [6.07, 6.45) is 1.52. The van der Waals surface area contributed by atoms with Crippen molar-refractivity contribution in [2.24, 2.45) is 5.92 Å². The summed E-state index contributed by atoms with van der Waals surface area (Å²) in [5, 5.41) is 0.526. The zero-order chi connectivity index (χ0) is 22.0. The Bertz CT molecular complexity index is 1170. The number of para-hydroxylation sites is 1. The summed E-state index contributed by atoms with van der Waals surface area (Å²) >= 11 is 0. The molecule has 1 aliphatic rings. The van der Waals surface area contributed by atoms with Crippen LogP contribution in [0, 0.1) is 12.8 Å². The molecule has 1 N–H and O–H groups in total. The summed E-state index contributed by atoms with van der Waals surface area (Å²) in [5.74, 6) is 0.0983. The molecule has 7 nitrogen and oxygen atoms in total. The first-order valence-corrected chi connectivity index (χ1v) is 10.5. The number of nitrogens with zero attached hydrogens (tertiary/aromatic N) is 3. The lowest BCUT2D eigenvalue weighted by Gasteiger charge is -2.34. The molecule has 2 aromatic carbocycles. The van der Waals surface area contributed by atoms with Crippen LogP contribution in [-0.2, 0) is 11.3 Å². The van der Waals surface area contributed by atoms with Crippen LogP contribution in [0.5, 0.6) is 0 Å². The highest BCUT2D eigenvalue weighted by molar-refractivity contribution is 5.94. The Balaban J connectivity index is 1.44. The molecule has 1 aliphatic heterocycles. The zero-order valence-electron chi connectivity index (χ0n) is 17.8. The molecule has 160 valence electrons. The molecule has 1 fully saturated rings. The van der Waals surface area contributed by atoms with E-state index in [0.29, 0.717) is 35.4 Å². The first-order chi connectivity index (χ1) is 14.9. The van der Waals surface area contributed by atoms with Gasteiger partial charge in [0.05, 0.1) is 23.4 Å². The number of hydrogen-bond acceptors (Lipinski definition) is 4. The van der Waals surface area contributed by atoms with E-state index >= 15 is 0 Å². The zero-order valence-corrected chi connectivity index (χ0v) is 17.8. The van der Waals surface area contributed by atoms with Crippen LogP contribution in [-0.4, -0.2) is 51.7 Å². The van der Waals surface area contributed by atoms with Crippen LogP contribution >= 0.6 is 0 Å². The van der Waals surface area contributed by atoms with Crippen LogP contribution in [0.1, 0.15) is 34.6 Å². The maximum atomic E-state index is 13.1. The molecule has 1 aromatic heterocycles. The minimum absolute atomic E-state index is 0.0410.